The second-order valence-corrected chi connectivity index (χ2v) is 6.16. The van der Waals surface area contributed by atoms with E-state index in [2.05, 4.69) is 36.3 Å². The van der Waals surface area contributed by atoms with Crippen LogP contribution in [0, 0.1) is 13.8 Å². The second-order valence-electron chi connectivity index (χ2n) is 4.79. The van der Waals surface area contributed by atoms with Gasteiger partial charge in [-0.05, 0) is 39.0 Å². The predicted molar refractivity (Wildman–Crippen MR) is 81.4 cm³/mol. The Morgan fingerprint density at radius 2 is 2.16 bits per heavy atom. The van der Waals surface area contributed by atoms with Gasteiger partial charge in [-0.25, -0.2) is 0 Å². The third kappa shape index (κ3) is 3.70. The number of ether oxygens (including phenoxy) is 1. The molecule has 1 N–H and O–H groups in total. The van der Waals surface area contributed by atoms with Crippen LogP contribution in [0.2, 0.25) is 0 Å². The fraction of sp³-hybridized carbons (Fsp3) is 0.400. The van der Waals surface area contributed by atoms with Crippen molar-refractivity contribution in [3.63, 3.8) is 0 Å². The van der Waals surface area contributed by atoms with Crippen molar-refractivity contribution in [1.29, 1.82) is 0 Å². The Morgan fingerprint density at radius 3 is 2.79 bits per heavy atom. The third-order valence-electron chi connectivity index (χ3n) is 2.93. The van der Waals surface area contributed by atoms with E-state index in [4.69, 9.17) is 4.74 Å². The van der Waals surface area contributed by atoms with Crippen LogP contribution in [0.4, 0.5) is 5.69 Å². The number of nitrogens with zero attached hydrogens (tertiary/aromatic N) is 1. The van der Waals surface area contributed by atoms with E-state index < -0.39 is 0 Å². The van der Waals surface area contributed by atoms with Crippen LogP contribution in [0.3, 0.4) is 0 Å². The third-order valence-corrected chi connectivity index (χ3v) is 3.95. The van der Waals surface area contributed by atoms with Crippen LogP contribution >= 0.6 is 11.3 Å². The summed E-state index contributed by atoms with van der Waals surface area (Å²) < 4.78 is 5.33. The molecule has 0 radical (unpaired) electrons. The van der Waals surface area contributed by atoms with Crippen molar-refractivity contribution in [1.82, 2.24) is 4.98 Å². The number of aromatic nitrogens is 1. The average molecular weight is 276 g/mol. The molecule has 0 bridgehead atoms. The van der Waals surface area contributed by atoms with Crippen LogP contribution < -0.4 is 10.1 Å². The molecule has 3 nitrogen and oxygen atoms in total. The Bertz CT molecular complexity index is 551. The van der Waals surface area contributed by atoms with Gasteiger partial charge < -0.3 is 10.1 Å². The van der Waals surface area contributed by atoms with E-state index in [0.29, 0.717) is 6.04 Å². The molecule has 0 aliphatic carbocycles. The molecule has 2 heterocycles. The topological polar surface area (TPSA) is 34.1 Å². The molecule has 0 aliphatic heterocycles. The summed E-state index contributed by atoms with van der Waals surface area (Å²) in [4.78, 5) is 7.01. The van der Waals surface area contributed by atoms with Crippen molar-refractivity contribution in [3.8, 4) is 5.75 Å². The molecule has 0 amide bonds. The number of pyridine rings is 1. The van der Waals surface area contributed by atoms with E-state index in [1.165, 1.54) is 9.75 Å². The number of hydrogen-bond donors (Lipinski definition) is 1. The molecule has 1 unspecified atom stereocenters. The minimum Gasteiger partial charge on any atom is -0.493 e. The van der Waals surface area contributed by atoms with Crippen LogP contribution in [0.25, 0.3) is 0 Å². The predicted octanol–water partition coefficient (Wildman–Crippen LogP) is 3.81. The molecule has 2 aromatic heterocycles. The average Bonchev–Trinajstić information content (AvgIpc) is 2.75. The molecule has 0 fully saturated rings. The molecule has 4 heteroatoms. The number of thiophene rings is 1. The molecular weight excluding hydrogens is 256 g/mol. The lowest BCUT2D eigenvalue weighted by Crippen LogP contribution is -2.18. The van der Waals surface area contributed by atoms with Crippen LogP contribution in [0.15, 0.2) is 24.4 Å². The Balaban J connectivity index is 2.05. The van der Waals surface area contributed by atoms with Gasteiger partial charge in [0.25, 0.3) is 0 Å². The summed E-state index contributed by atoms with van der Waals surface area (Å²) in [5, 5.41) is 3.50. The number of anilines is 1. The maximum absolute atomic E-state index is 5.33. The minimum atomic E-state index is 0.355. The van der Waals surface area contributed by atoms with Crippen LogP contribution in [0.5, 0.6) is 5.75 Å². The van der Waals surface area contributed by atoms with Crippen molar-refractivity contribution in [2.24, 2.45) is 0 Å². The van der Waals surface area contributed by atoms with Crippen LogP contribution in [-0.2, 0) is 6.42 Å². The minimum absolute atomic E-state index is 0.355. The van der Waals surface area contributed by atoms with Gasteiger partial charge in [0.15, 0.2) is 5.75 Å². The Kier molecular flexibility index (Phi) is 4.43. The van der Waals surface area contributed by atoms with Crippen molar-refractivity contribution in [2.45, 2.75) is 33.2 Å². The van der Waals surface area contributed by atoms with E-state index in [1.54, 1.807) is 13.3 Å². The fourth-order valence-electron chi connectivity index (χ4n) is 2.04. The highest BCUT2D eigenvalue weighted by Crippen LogP contribution is 2.25. The normalized spacial score (nSPS) is 12.2. The van der Waals surface area contributed by atoms with E-state index in [0.717, 1.165) is 23.6 Å². The first-order valence-corrected chi connectivity index (χ1v) is 7.22. The van der Waals surface area contributed by atoms with Gasteiger partial charge >= 0.3 is 0 Å². The molecule has 0 saturated heterocycles. The summed E-state index contributed by atoms with van der Waals surface area (Å²) >= 11 is 1.86. The molecule has 0 saturated carbocycles. The van der Waals surface area contributed by atoms with Gasteiger partial charge in [0.2, 0.25) is 0 Å². The summed E-state index contributed by atoms with van der Waals surface area (Å²) in [6.45, 7) is 6.31. The smallest absolute Gasteiger partial charge is 0.160 e. The summed E-state index contributed by atoms with van der Waals surface area (Å²) in [6.07, 6.45) is 2.78. The van der Waals surface area contributed by atoms with Gasteiger partial charge in [0, 0.05) is 27.9 Å². The Hall–Kier alpha value is -1.55. The molecule has 0 spiro atoms. The highest BCUT2D eigenvalue weighted by Gasteiger charge is 2.09. The Labute approximate surface area is 118 Å². The lowest BCUT2D eigenvalue weighted by Gasteiger charge is -2.17. The molecule has 0 aromatic carbocycles. The van der Waals surface area contributed by atoms with Gasteiger partial charge in [0.05, 0.1) is 19.0 Å². The highest BCUT2D eigenvalue weighted by molar-refractivity contribution is 7.11. The van der Waals surface area contributed by atoms with Gasteiger partial charge in [-0.2, -0.15) is 0 Å². The second kappa shape index (κ2) is 6.06. The molecule has 102 valence electrons. The Morgan fingerprint density at radius 1 is 1.37 bits per heavy atom. The number of rotatable bonds is 5. The van der Waals surface area contributed by atoms with Crippen molar-refractivity contribution in [3.05, 3.63) is 39.8 Å². The van der Waals surface area contributed by atoms with Crippen molar-refractivity contribution >= 4 is 17.0 Å². The number of aryl methyl sites for hydroxylation is 2. The first kappa shape index (κ1) is 13.9. The zero-order valence-corrected chi connectivity index (χ0v) is 12.7. The molecular formula is C15H20N2OS. The van der Waals surface area contributed by atoms with E-state index in [9.17, 15) is 0 Å². The monoisotopic (exact) mass is 276 g/mol. The molecule has 2 aromatic rings. The molecule has 19 heavy (non-hydrogen) atoms. The van der Waals surface area contributed by atoms with E-state index in [1.807, 2.05) is 24.3 Å². The number of methoxy groups -OCH3 is 1. The van der Waals surface area contributed by atoms with Crippen molar-refractivity contribution in [2.75, 3.05) is 12.4 Å². The highest BCUT2D eigenvalue weighted by atomic mass is 32.1. The summed E-state index contributed by atoms with van der Waals surface area (Å²) in [7, 11) is 1.67. The quantitative estimate of drug-likeness (QED) is 0.901. The summed E-state index contributed by atoms with van der Waals surface area (Å²) in [6, 6.07) is 6.75. The summed E-state index contributed by atoms with van der Waals surface area (Å²) in [5.74, 6) is 0.791. The maximum atomic E-state index is 5.33. The van der Waals surface area contributed by atoms with Gasteiger partial charge in [-0.1, -0.05) is 0 Å². The number of nitrogens with one attached hydrogen (secondary N) is 1. The van der Waals surface area contributed by atoms with E-state index >= 15 is 0 Å². The van der Waals surface area contributed by atoms with Gasteiger partial charge in [0.1, 0.15) is 0 Å². The fourth-order valence-corrected chi connectivity index (χ4v) is 3.05. The van der Waals surface area contributed by atoms with Gasteiger partial charge in [-0.3, -0.25) is 4.98 Å². The molecule has 1 atom stereocenters. The van der Waals surface area contributed by atoms with Gasteiger partial charge in [-0.15, -0.1) is 11.3 Å². The molecule has 0 aliphatic rings. The summed E-state index contributed by atoms with van der Waals surface area (Å²) in [5.41, 5.74) is 2.00. The SMILES string of the molecule is COc1cnc(C)cc1NC(C)Cc1ccc(C)s1. The lowest BCUT2D eigenvalue weighted by atomic mass is 10.2. The zero-order valence-electron chi connectivity index (χ0n) is 11.9. The maximum Gasteiger partial charge on any atom is 0.160 e. The lowest BCUT2D eigenvalue weighted by molar-refractivity contribution is 0.414. The standard InChI is InChI=1S/C15H20N2OS/c1-10-8-14(15(18-4)9-16-10)17-11(2)7-13-6-5-12(3)19-13/h5-6,8-9,11H,7H2,1-4H3,(H,16,17). The molecule has 2 rings (SSSR count). The number of hydrogen-bond acceptors (Lipinski definition) is 4. The zero-order chi connectivity index (χ0) is 13.8. The largest absolute Gasteiger partial charge is 0.493 e. The van der Waals surface area contributed by atoms with Crippen LogP contribution in [0.1, 0.15) is 22.4 Å². The van der Waals surface area contributed by atoms with Crippen LogP contribution in [-0.4, -0.2) is 18.1 Å². The first-order chi connectivity index (χ1) is 9.08. The van der Waals surface area contributed by atoms with E-state index in [-0.39, 0.29) is 0 Å². The van der Waals surface area contributed by atoms with Crippen molar-refractivity contribution < 1.29 is 4.74 Å². The first-order valence-electron chi connectivity index (χ1n) is 6.41.